The number of hydrazone groups is 1. The van der Waals surface area contributed by atoms with Crippen LogP contribution in [0.15, 0.2) is 46.0 Å². The third-order valence-corrected chi connectivity index (χ3v) is 8.14. The first kappa shape index (κ1) is 23.1. The number of hydrogen-bond donors (Lipinski definition) is 1. The Morgan fingerprint density at radius 3 is 2.74 bits per heavy atom. The van der Waals surface area contributed by atoms with Gasteiger partial charge in [0.1, 0.15) is 5.04 Å². The lowest BCUT2D eigenvalue weighted by molar-refractivity contribution is -0.114. The van der Waals surface area contributed by atoms with Crippen LogP contribution in [-0.4, -0.2) is 31.5 Å². The molecular formula is C26H28ClN5OS. The van der Waals surface area contributed by atoms with Gasteiger partial charge in [0, 0.05) is 11.4 Å². The Morgan fingerprint density at radius 1 is 1.21 bits per heavy atom. The first-order chi connectivity index (χ1) is 16.4. The van der Waals surface area contributed by atoms with E-state index in [1.807, 2.05) is 44.2 Å². The zero-order chi connectivity index (χ0) is 23.8. The van der Waals surface area contributed by atoms with Gasteiger partial charge in [0.25, 0.3) is 5.91 Å². The van der Waals surface area contributed by atoms with Crippen molar-refractivity contribution in [3.8, 4) is 5.69 Å². The third kappa shape index (κ3) is 4.39. The Bertz CT molecular complexity index is 1250. The average molecular weight is 494 g/mol. The predicted molar refractivity (Wildman–Crippen MR) is 141 cm³/mol. The quantitative estimate of drug-likeness (QED) is 0.469. The third-order valence-electron chi connectivity index (χ3n) is 6.85. The van der Waals surface area contributed by atoms with E-state index in [4.69, 9.17) is 17.0 Å². The van der Waals surface area contributed by atoms with E-state index in [1.54, 1.807) is 6.08 Å². The molecule has 1 amide bonds. The summed E-state index contributed by atoms with van der Waals surface area (Å²) in [6, 6.07) is 9.68. The minimum atomic E-state index is -0.393. The Morgan fingerprint density at radius 2 is 1.97 bits per heavy atom. The molecule has 0 bridgehead atoms. The van der Waals surface area contributed by atoms with Gasteiger partial charge in [-0.1, -0.05) is 55.8 Å². The van der Waals surface area contributed by atoms with Crippen molar-refractivity contribution >= 4 is 51.4 Å². The SMILES string of the molecule is Cc1cc(/C=C2\C(=N)N3N=C(CCC4CCCCC4)SC3=NC2=O)c(C)n1-c1ccccc1Cl. The number of para-hydroxylation sites is 1. The second-order valence-electron chi connectivity index (χ2n) is 9.17. The van der Waals surface area contributed by atoms with Gasteiger partial charge in [0.15, 0.2) is 5.84 Å². The number of fused-ring (bicyclic) bond motifs is 1. The number of amides is 1. The maximum atomic E-state index is 12.9. The number of halogens is 1. The van der Waals surface area contributed by atoms with Gasteiger partial charge in [-0.05, 0) is 74.2 Å². The molecule has 0 unspecified atom stereocenters. The predicted octanol–water partition coefficient (Wildman–Crippen LogP) is 6.73. The molecule has 3 heterocycles. The number of hydrogen-bond acceptors (Lipinski definition) is 4. The number of nitrogens with zero attached hydrogens (tertiary/aromatic N) is 4. The number of aliphatic imine (C=N–C) groups is 1. The van der Waals surface area contributed by atoms with Gasteiger partial charge in [-0.25, -0.2) is 0 Å². The summed E-state index contributed by atoms with van der Waals surface area (Å²) < 4.78 is 2.06. The normalized spacial score (nSPS) is 20.1. The summed E-state index contributed by atoms with van der Waals surface area (Å²) in [4.78, 5) is 17.1. The van der Waals surface area contributed by atoms with Crippen molar-refractivity contribution in [1.29, 1.82) is 5.41 Å². The molecule has 0 saturated heterocycles. The van der Waals surface area contributed by atoms with Crippen LogP contribution in [0.3, 0.4) is 0 Å². The molecule has 2 aliphatic heterocycles. The summed E-state index contributed by atoms with van der Waals surface area (Å²) in [6.07, 6.45) is 10.4. The number of amidine groups is 2. The van der Waals surface area contributed by atoms with Gasteiger partial charge < -0.3 is 4.57 Å². The molecule has 0 atom stereocenters. The summed E-state index contributed by atoms with van der Waals surface area (Å²) in [6.45, 7) is 3.99. The van der Waals surface area contributed by atoms with Gasteiger partial charge in [-0.3, -0.25) is 10.2 Å². The van der Waals surface area contributed by atoms with Crippen LogP contribution in [0.4, 0.5) is 0 Å². The smallest absolute Gasteiger partial charge is 0.283 e. The van der Waals surface area contributed by atoms with Crippen LogP contribution in [-0.2, 0) is 4.79 Å². The monoisotopic (exact) mass is 493 g/mol. The van der Waals surface area contributed by atoms with E-state index in [-0.39, 0.29) is 11.4 Å². The number of rotatable bonds is 5. The van der Waals surface area contributed by atoms with E-state index in [1.165, 1.54) is 48.9 Å². The van der Waals surface area contributed by atoms with Crippen molar-refractivity contribution in [2.75, 3.05) is 0 Å². The van der Waals surface area contributed by atoms with Crippen LogP contribution >= 0.6 is 23.4 Å². The fourth-order valence-electron chi connectivity index (χ4n) is 5.03. The highest BCUT2D eigenvalue weighted by Gasteiger charge is 2.36. The Kier molecular flexibility index (Phi) is 6.49. The van der Waals surface area contributed by atoms with Crippen molar-refractivity contribution < 1.29 is 4.79 Å². The minimum absolute atomic E-state index is 0.0812. The topological polar surface area (TPSA) is 73.8 Å². The number of thioether (sulfide) groups is 1. The van der Waals surface area contributed by atoms with Crippen LogP contribution in [0.25, 0.3) is 11.8 Å². The fourth-order valence-corrected chi connectivity index (χ4v) is 6.15. The van der Waals surface area contributed by atoms with Crippen molar-refractivity contribution in [3.05, 3.63) is 57.9 Å². The van der Waals surface area contributed by atoms with Crippen LogP contribution < -0.4 is 0 Å². The largest absolute Gasteiger partial charge is 0.316 e. The van der Waals surface area contributed by atoms with Gasteiger partial charge in [0.2, 0.25) is 5.17 Å². The van der Waals surface area contributed by atoms with Crippen LogP contribution in [0.1, 0.15) is 61.9 Å². The van der Waals surface area contributed by atoms with E-state index in [0.29, 0.717) is 10.2 Å². The van der Waals surface area contributed by atoms with Gasteiger partial charge in [-0.15, -0.1) is 0 Å². The Labute approximate surface area is 209 Å². The lowest BCUT2D eigenvalue weighted by Crippen LogP contribution is -2.35. The number of carbonyl (C=O) groups is 1. The van der Waals surface area contributed by atoms with E-state index >= 15 is 0 Å². The van der Waals surface area contributed by atoms with Crippen LogP contribution in [0.5, 0.6) is 0 Å². The first-order valence-corrected chi connectivity index (χ1v) is 13.0. The second-order valence-corrected chi connectivity index (χ2v) is 10.6. The lowest BCUT2D eigenvalue weighted by atomic mass is 9.86. The lowest BCUT2D eigenvalue weighted by Gasteiger charge is -2.20. The molecule has 1 N–H and O–H groups in total. The summed E-state index contributed by atoms with van der Waals surface area (Å²) in [5, 5.41) is 17.0. The highest BCUT2D eigenvalue weighted by Crippen LogP contribution is 2.34. The summed E-state index contributed by atoms with van der Waals surface area (Å²) >= 11 is 7.86. The maximum absolute atomic E-state index is 12.9. The second kappa shape index (κ2) is 9.55. The molecule has 1 saturated carbocycles. The van der Waals surface area contributed by atoms with Crippen LogP contribution in [0, 0.1) is 25.2 Å². The van der Waals surface area contributed by atoms with Gasteiger partial charge in [0.05, 0.1) is 16.3 Å². The summed E-state index contributed by atoms with van der Waals surface area (Å²) in [5.41, 5.74) is 3.94. The molecule has 176 valence electrons. The highest BCUT2D eigenvalue weighted by atomic mass is 35.5. The standard InChI is InChI=1S/C26H28ClN5OS/c1-16-14-19(17(2)31(16)22-11-7-6-10-21(22)27)15-20-24(28)32-26(29-25(20)33)34-23(30-32)13-12-18-8-4-3-5-9-18/h6-7,10-11,14-15,18,28H,3-5,8-9,12-13H2,1-2H3/b20-15+,28-24?. The number of aryl methyl sites for hydroxylation is 1. The highest BCUT2D eigenvalue weighted by molar-refractivity contribution is 8.26. The molecular weight excluding hydrogens is 466 g/mol. The van der Waals surface area contributed by atoms with Gasteiger partial charge >= 0.3 is 0 Å². The molecule has 1 aromatic heterocycles. The molecule has 2 aromatic rings. The molecule has 6 nitrogen and oxygen atoms in total. The molecule has 5 rings (SSSR count). The van der Waals surface area contributed by atoms with Crippen molar-refractivity contribution in [2.45, 2.75) is 58.8 Å². The summed E-state index contributed by atoms with van der Waals surface area (Å²) in [7, 11) is 0. The molecule has 0 spiro atoms. The maximum Gasteiger partial charge on any atom is 0.283 e. The van der Waals surface area contributed by atoms with Crippen LogP contribution in [0.2, 0.25) is 5.02 Å². The molecule has 8 heteroatoms. The Balaban J connectivity index is 1.39. The van der Waals surface area contributed by atoms with E-state index in [0.717, 1.165) is 46.4 Å². The number of benzene rings is 1. The minimum Gasteiger partial charge on any atom is -0.316 e. The first-order valence-electron chi connectivity index (χ1n) is 11.9. The molecule has 0 radical (unpaired) electrons. The molecule has 3 aliphatic rings. The zero-order valence-corrected chi connectivity index (χ0v) is 21.0. The van der Waals surface area contributed by atoms with Crippen molar-refractivity contribution in [2.24, 2.45) is 16.0 Å². The van der Waals surface area contributed by atoms with Crippen molar-refractivity contribution in [3.63, 3.8) is 0 Å². The van der Waals surface area contributed by atoms with E-state index in [9.17, 15) is 4.79 Å². The Hall–Kier alpha value is -2.64. The number of aromatic nitrogens is 1. The molecule has 1 aromatic carbocycles. The average Bonchev–Trinajstić information content (AvgIpc) is 3.36. The molecule has 1 fully saturated rings. The van der Waals surface area contributed by atoms with E-state index in [2.05, 4.69) is 14.7 Å². The number of nitrogens with one attached hydrogen (secondary N) is 1. The zero-order valence-electron chi connectivity index (χ0n) is 19.5. The molecule has 34 heavy (non-hydrogen) atoms. The number of carbonyl (C=O) groups excluding carboxylic acids is 1. The van der Waals surface area contributed by atoms with E-state index < -0.39 is 5.91 Å². The van der Waals surface area contributed by atoms with Gasteiger partial charge in [-0.2, -0.15) is 15.1 Å². The van der Waals surface area contributed by atoms with Crippen molar-refractivity contribution in [1.82, 2.24) is 9.58 Å². The molecule has 1 aliphatic carbocycles. The fraction of sp³-hybridized carbons (Fsp3) is 0.385. The summed E-state index contributed by atoms with van der Waals surface area (Å²) in [5.74, 6) is 0.453.